The SMILES string of the molecule is CCNC(=O)c1sc(N2CCC(C)C2)c(C(=O)OC)c1N. The highest BCUT2D eigenvalue weighted by Gasteiger charge is 2.31. The highest BCUT2D eigenvalue weighted by molar-refractivity contribution is 7.19. The molecule has 1 saturated heterocycles. The van der Waals surface area contributed by atoms with Crippen molar-refractivity contribution in [1.82, 2.24) is 5.32 Å². The Kier molecular flexibility index (Phi) is 4.72. The van der Waals surface area contributed by atoms with Crippen LogP contribution >= 0.6 is 11.3 Å². The van der Waals surface area contributed by atoms with Crippen molar-refractivity contribution in [3.63, 3.8) is 0 Å². The third-order valence-electron chi connectivity index (χ3n) is 3.57. The molecule has 2 heterocycles. The van der Waals surface area contributed by atoms with Crippen LogP contribution in [-0.2, 0) is 4.74 Å². The van der Waals surface area contributed by atoms with Gasteiger partial charge in [-0.1, -0.05) is 6.92 Å². The van der Waals surface area contributed by atoms with Crippen molar-refractivity contribution in [3.05, 3.63) is 10.4 Å². The van der Waals surface area contributed by atoms with Gasteiger partial charge in [-0.25, -0.2) is 4.79 Å². The van der Waals surface area contributed by atoms with E-state index in [2.05, 4.69) is 17.1 Å². The van der Waals surface area contributed by atoms with Gasteiger partial charge in [-0.15, -0.1) is 11.3 Å². The quantitative estimate of drug-likeness (QED) is 0.827. The first-order valence-electron chi connectivity index (χ1n) is 7.03. The van der Waals surface area contributed by atoms with Gasteiger partial charge in [0, 0.05) is 19.6 Å². The topological polar surface area (TPSA) is 84.7 Å². The molecule has 1 atom stereocenters. The smallest absolute Gasteiger partial charge is 0.343 e. The van der Waals surface area contributed by atoms with Gasteiger partial charge in [0.05, 0.1) is 12.8 Å². The van der Waals surface area contributed by atoms with Crippen molar-refractivity contribution in [1.29, 1.82) is 0 Å². The molecule has 1 amide bonds. The summed E-state index contributed by atoms with van der Waals surface area (Å²) >= 11 is 1.27. The van der Waals surface area contributed by atoms with Gasteiger partial charge >= 0.3 is 5.97 Å². The van der Waals surface area contributed by atoms with E-state index in [1.807, 2.05) is 6.92 Å². The van der Waals surface area contributed by atoms with Crippen LogP contribution in [0.2, 0.25) is 0 Å². The van der Waals surface area contributed by atoms with Crippen molar-refractivity contribution in [2.24, 2.45) is 5.92 Å². The van der Waals surface area contributed by atoms with Crippen molar-refractivity contribution < 1.29 is 14.3 Å². The predicted molar refractivity (Wildman–Crippen MR) is 84.1 cm³/mol. The number of hydrogen-bond donors (Lipinski definition) is 2. The molecule has 6 nitrogen and oxygen atoms in total. The van der Waals surface area contributed by atoms with Crippen molar-refractivity contribution in [2.75, 3.05) is 37.4 Å². The molecule has 1 aliphatic rings. The van der Waals surface area contributed by atoms with Crippen molar-refractivity contribution >= 4 is 33.9 Å². The van der Waals surface area contributed by atoms with E-state index in [4.69, 9.17) is 10.5 Å². The zero-order valence-corrected chi connectivity index (χ0v) is 13.4. The van der Waals surface area contributed by atoms with E-state index < -0.39 is 5.97 Å². The van der Waals surface area contributed by atoms with Crippen molar-refractivity contribution in [2.45, 2.75) is 20.3 Å². The molecule has 0 radical (unpaired) electrons. The maximum Gasteiger partial charge on any atom is 0.343 e. The summed E-state index contributed by atoms with van der Waals surface area (Å²) in [7, 11) is 1.32. The van der Waals surface area contributed by atoms with Gasteiger partial charge in [-0.05, 0) is 19.3 Å². The number of nitrogens with one attached hydrogen (secondary N) is 1. The average molecular weight is 311 g/mol. The second-order valence-electron chi connectivity index (χ2n) is 5.22. The number of ether oxygens (including phenoxy) is 1. The van der Waals surface area contributed by atoms with E-state index in [0.29, 0.717) is 22.9 Å². The lowest BCUT2D eigenvalue weighted by Crippen LogP contribution is -2.22. The van der Waals surface area contributed by atoms with Crippen LogP contribution in [0.15, 0.2) is 0 Å². The van der Waals surface area contributed by atoms with Crippen LogP contribution in [0.1, 0.15) is 40.3 Å². The molecule has 1 aromatic rings. The molecule has 3 N–H and O–H groups in total. The molecule has 1 aliphatic heterocycles. The predicted octanol–water partition coefficient (Wildman–Crippen LogP) is 1.71. The first kappa shape index (κ1) is 15.6. The minimum absolute atomic E-state index is 0.215. The zero-order valence-electron chi connectivity index (χ0n) is 12.6. The van der Waals surface area contributed by atoms with Crippen molar-refractivity contribution in [3.8, 4) is 0 Å². The highest BCUT2D eigenvalue weighted by atomic mass is 32.1. The lowest BCUT2D eigenvalue weighted by Gasteiger charge is -2.17. The monoisotopic (exact) mass is 311 g/mol. The van der Waals surface area contributed by atoms with Gasteiger partial charge in [0.15, 0.2) is 0 Å². The van der Waals surface area contributed by atoms with Gasteiger partial charge in [-0.2, -0.15) is 0 Å². The molecular formula is C14H21N3O3S. The normalized spacial score (nSPS) is 17.9. The third-order valence-corrected chi connectivity index (χ3v) is 4.84. The van der Waals surface area contributed by atoms with E-state index in [1.165, 1.54) is 18.4 Å². The Morgan fingerprint density at radius 1 is 1.52 bits per heavy atom. The lowest BCUT2D eigenvalue weighted by atomic mass is 10.2. The molecule has 0 aliphatic carbocycles. The summed E-state index contributed by atoms with van der Waals surface area (Å²) in [6.07, 6.45) is 1.06. The average Bonchev–Trinajstić information content (AvgIpc) is 3.02. The maximum absolute atomic E-state index is 12.1. The Labute approximate surface area is 128 Å². The molecule has 0 spiro atoms. The third kappa shape index (κ3) is 2.97. The Bertz CT molecular complexity index is 556. The number of amides is 1. The molecule has 1 aromatic heterocycles. The summed E-state index contributed by atoms with van der Waals surface area (Å²) in [6, 6.07) is 0. The number of thiophene rings is 1. The second kappa shape index (κ2) is 6.34. The lowest BCUT2D eigenvalue weighted by molar-refractivity contribution is 0.0603. The maximum atomic E-state index is 12.1. The molecular weight excluding hydrogens is 290 g/mol. The van der Waals surface area contributed by atoms with Crippen LogP contribution < -0.4 is 16.0 Å². The van der Waals surface area contributed by atoms with E-state index in [9.17, 15) is 9.59 Å². The van der Waals surface area contributed by atoms with Crippen LogP contribution in [0, 0.1) is 5.92 Å². The molecule has 0 bridgehead atoms. The molecule has 116 valence electrons. The summed E-state index contributed by atoms with van der Waals surface area (Å²) in [5.74, 6) is -0.177. The number of carbonyl (C=O) groups is 2. The number of methoxy groups -OCH3 is 1. The number of carbonyl (C=O) groups excluding carboxylic acids is 2. The molecule has 0 saturated carbocycles. The molecule has 1 unspecified atom stereocenters. The number of nitrogens with zero attached hydrogens (tertiary/aromatic N) is 1. The van der Waals surface area contributed by atoms with E-state index in [1.54, 1.807) is 0 Å². The number of anilines is 2. The standard InChI is InChI=1S/C14H21N3O3S/c1-4-16-12(18)11-10(15)9(14(19)20-3)13(21-11)17-6-5-8(2)7-17/h8H,4-7,15H2,1-3H3,(H,16,18). The summed E-state index contributed by atoms with van der Waals surface area (Å²) in [6.45, 7) is 6.24. The molecule has 0 aromatic carbocycles. The Morgan fingerprint density at radius 2 is 2.24 bits per heavy atom. The minimum Gasteiger partial charge on any atom is -0.465 e. The minimum atomic E-state index is -0.492. The highest BCUT2D eigenvalue weighted by Crippen LogP contribution is 2.40. The number of rotatable bonds is 4. The number of nitrogen functional groups attached to an aromatic ring is 1. The molecule has 21 heavy (non-hydrogen) atoms. The fraction of sp³-hybridized carbons (Fsp3) is 0.571. The molecule has 7 heteroatoms. The van der Waals surface area contributed by atoms with Crippen LogP contribution in [0.3, 0.4) is 0 Å². The van der Waals surface area contributed by atoms with Gasteiger partial charge in [0.25, 0.3) is 5.91 Å². The first-order chi connectivity index (χ1) is 9.99. The van der Waals surface area contributed by atoms with Crippen LogP contribution in [0.5, 0.6) is 0 Å². The van der Waals surface area contributed by atoms with E-state index >= 15 is 0 Å². The van der Waals surface area contributed by atoms with Gasteiger partial charge in [-0.3, -0.25) is 4.79 Å². The second-order valence-corrected chi connectivity index (χ2v) is 6.21. The summed E-state index contributed by atoms with van der Waals surface area (Å²) < 4.78 is 4.83. The number of hydrogen-bond acceptors (Lipinski definition) is 6. The molecule has 2 rings (SSSR count). The number of esters is 1. The zero-order chi connectivity index (χ0) is 15.6. The Hall–Kier alpha value is -1.76. The fourth-order valence-electron chi connectivity index (χ4n) is 2.48. The van der Waals surface area contributed by atoms with E-state index in [0.717, 1.165) is 24.5 Å². The van der Waals surface area contributed by atoms with Crippen LogP contribution in [0.4, 0.5) is 10.7 Å². The summed E-state index contributed by atoms with van der Waals surface area (Å²) in [5, 5.41) is 3.46. The largest absolute Gasteiger partial charge is 0.465 e. The molecule has 1 fully saturated rings. The van der Waals surface area contributed by atoms with Crippen LogP contribution in [-0.4, -0.2) is 38.6 Å². The van der Waals surface area contributed by atoms with E-state index in [-0.39, 0.29) is 11.6 Å². The Balaban J connectivity index is 2.44. The van der Waals surface area contributed by atoms with Gasteiger partial charge in [0.2, 0.25) is 0 Å². The Morgan fingerprint density at radius 3 is 2.76 bits per heavy atom. The number of nitrogens with two attached hydrogens (primary N) is 1. The first-order valence-corrected chi connectivity index (χ1v) is 7.84. The summed E-state index contributed by atoms with van der Waals surface area (Å²) in [5.41, 5.74) is 6.57. The van der Waals surface area contributed by atoms with Gasteiger partial charge in [0.1, 0.15) is 15.4 Å². The fourth-order valence-corrected chi connectivity index (χ4v) is 3.64. The summed E-state index contributed by atoms with van der Waals surface area (Å²) in [4.78, 5) is 26.6. The van der Waals surface area contributed by atoms with Gasteiger partial charge < -0.3 is 20.7 Å². The van der Waals surface area contributed by atoms with Crippen LogP contribution in [0.25, 0.3) is 0 Å².